The van der Waals surface area contributed by atoms with Crippen molar-refractivity contribution in [2.45, 2.75) is 30.8 Å². The summed E-state index contributed by atoms with van der Waals surface area (Å²) >= 11 is 12.5. The van der Waals surface area contributed by atoms with Crippen LogP contribution in [0.1, 0.15) is 41.3 Å². The zero-order valence-corrected chi connectivity index (χ0v) is 28.7. The van der Waals surface area contributed by atoms with Gasteiger partial charge >= 0.3 is 6.18 Å². The highest BCUT2D eigenvalue weighted by atomic mass is 35.5. The Hall–Kier alpha value is -3.88. The molecule has 3 aromatic carbocycles. The Morgan fingerprint density at radius 1 is 0.860 bits per heavy atom. The van der Waals surface area contributed by atoms with E-state index in [1.54, 1.807) is 45.9 Å². The molecule has 3 heterocycles. The lowest BCUT2D eigenvalue weighted by atomic mass is 9.94. The average Bonchev–Trinajstić information content (AvgIpc) is 3.50. The van der Waals surface area contributed by atoms with Gasteiger partial charge in [-0.3, -0.25) is 29.9 Å². The Balaban J connectivity index is 1.37. The molecule has 3 amide bonds. The number of carbonyl (C=O) groups excluding carboxylic acids is 3. The summed E-state index contributed by atoms with van der Waals surface area (Å²) in [7, 11) is 0. The quantitative estimate of drug-likeness (QED) is 0.317. The molecule has 0 saturated carbocycles. The molecule has 0 bridgehead atoms. The first-order chi connectivity index (χ1) is 23.9. The molecule has 266 valence electrons. The SMILES string of the molecule is CCOc1cc(C(F)(F)F)ccc1C1(C(=O)N2CCN(C(=O)CN3CCNC(=O)C3)CC2)NC(c2ccc(Cl)cc2)C(c2ccc(Cl)cc2)N1. The standard InChI is InChI=1S/C35H37Cl2F3N6O4/c1-2-50-28-19-24(35(38,39)40)7-12-27(28)34(33(49)46-17-15-45(16-18-46)30(48)21-44-14-13-41-29(47)20-44)42-31(22-3-8-25(36)9-4-22)32(43-34)23-5-10-26(37)11-6-23/h3-12,19,31-32,42-43H,2,13-18,20-21H2,1H3,(H,41,47). The number of amides is 3. The van der Waals surface area contributed by atoms with E-state index in [9.17, 15) is 27.6 Å². The van der Waals surface area contributed by atoms with E-state index in [1.807, 2.05) is 24.3 Å². The summed E-state index contributed by atoms with van der Waals surface area (Å²) in [5.41, 5.74) is -0.912. The molecular weight excluding hydrogens is 696 g/mol. The van der Waals surface area contributed by atoms with Gasteiger partial charge in [-0.15, -0.1) is 0 Å². The lowest BCUT2D eigenvalue weighted by Crippen LogP contribution is -2.63. The summed E-state index contributed by atoms with van der Waals surface area (Å²) in [6.07, 6.45) is -4.64. The first-order valence-corrected chi connectivity index (χ1v) is 17.1. The number of benzene rings is 3. The Morgan fingerprint density at radius 2 is 1.42 bits per heavy atom. The van der Waals surface area contributed by atoms with Crippen LogP contribution in [-0.4, -0.2) is 91.4 Å². The summed E-state index contributed by atoms with van der Waals surface area (Å²) in [5, 5.41) is 10.8. The number of hydrogen-bond acceptors (Lipinski definition) is 7. The lowest BCUT2D eigenvalue weighted by molar-refractivity contribution is -0.145. The molecule has 50 heavy (non-hydrogen) atoms. The number of piperazine rings is 2. The molecule has 0 aromatic heterocycles. The van der Waals surface area contributed by atoms with Gasteiger partial charge in [0.25, 0.3) is 5.91 Å². The molecule has 3 fully saturated rings. The highest BCUT2D eigenvalue weighted by Crippen LogP contribution is 2.46. The summed E-state index contributed by atoms with van der Waals surface area (Å²) in [6.45, 7) is 3.82. The minimum atomic E-state index is -4.64. The largest absolute Gasteiger partial charge is 0.493 e. The number of ether oxygens (including phenoxy) is 1. The maximum absolute atomic E-state index is 15.0. The van der Waals surface area contributed by atoms with Crippen LogP contribution in [-0.2, 0) is 26.2 Å². The number of nitrogens with one attached hydrogen (secondary N) is 3. The van der Waals surface area contributed by atoms with Crippen LogP contribution in [0.3, 0.4) is 0 Å². The molecule has 15 heteroatoms. The second-order valence-electron chi connectivity index (χ2n) is 12.5. The van der Waals surface area contributed by atoms with E-state index < -0.39 is 35.4 Å². The third-order valence-electron chi connectivity index (χ3n) is 9.27. The molecule has 3 saturated heterocycles. The predicted octanol–water partition coefficient (Wildman–Crippen LogP) is 4.34. The van der Waals surface area contributed by atoms with Crippen molar-refractivity contribution in [3.05, 3.63) is 99.0 Å². The van der Waals surface area contributed by atoms with Gasteiger partial charge in [-0.25, -0.2) is 0 Å². The monoisotopic (exact) mass is 732 g/mol. The smallest absolute Gasteiger partial charge is 0.416 e. The van der Waals surface area contributed by atoms with Gasteiger partial charge in [0.15, 0.2) is 5.66 Å². The number of nitrogens with zero attached hydrogens (tertiary/aromatic N) is 3. The topological polar surface area (TPSA) is 106 Å². The van der Waals surface area contributed by atoms with Gasteiger partial charge in [0.2, 0.25) is 11.8 Å². The van der Waals surface area contributed by atoms with Gasteiger partial charge < -0.3 is 19.9 Å². The van der Waals surface area contributed by atoms with Crippen molar-refractivity contribution in [3.8, 4) is 5.75 Å². The van der Waals surface area contributed by atoms with Crippen LogP contribution in [0.5, 0.6) is 5.75 Å². The van der Waals surface area contributed by atoms with Crippen molar-refractivity contribution in [3.63, 3.8) is 0 Å². The number of halogens is 5. The van der Waals surface area contributed by atoms with E-state index in [-0.39, 0.29) is 69.0 Å². The molecule has 2 atom stereocenters. The van der Waals surface area contributed by atoms with Gasteiger partial charge in [-0.1, -0.05) is 53.5 Å². The second-order valence-corrected chi connectivity index (χ2v) is 13.3. The number of carbonyl (C=O) groups is 3. The highest BCUT2D eigenvalue weighted by Gasteiger charge is 2.55. The third kappa shape index (κ3) is 7.57. The second kappa shape index (κ2) is 14.8. The van der Waals surface area contributed by atoms with Crippen molar-refractivity contribution in [1.82, 2.24) is 30.7 Å². The van der Waals surface area contributed by atoms with Crippen LogP contribution in [0.2, 0.25) is 10.0 Å². The Morgan fingerprint density at radius 3 is 1.94 bits per heavy atom. The molecule has 0 spiro atoms. The van der Waals surface area contributed by atoms with E-state index >= 15 is 0 Å². The van der Waals surface area contributed by atoms with E-state index in [0.717, 1.165) is 23.3 Å². The van der Waals surface area contributed by atoms with Gasteiger partial charge in [-0.2, -0.15) is 13.2 Å². The maximum atomic E-state index is 15.0. The number of hydrogen-bond donors (Lipinski definition) is 3. The van der Waals surface area contributed by atoms with Crippen LogP contribution in [0.15, 0.2) is 66.7 Å². The summed E-state index contributed by atoms with van der Waals surface area (Å²) in [5.74, 6) is -0.814. The maximum Gasteiger partial charge on any atom is 0.416 e. The van der Waals surface area contributed by atoms with Gasteiger partial charge in [0.05, 0.1) is 37.3 Å². The number of alkyl halides is 3. The van der Waals surface area contributed by atoms with Gasteiger partial charge in [0.1, 0.15) is 5.75 Å². The Labute approximate surface area is 297 Å². The first kappa shape index (κ1) is 35.9. The van der Waals surface area contributed by atoms with Crippen LogP contribution >= 0.6 is 23.2 Å². The molecule has 3 aliphatic rings. The first-order valence-electron chi connectivity index (χ1n) is 16.3. The van der Waals surface area contributed by atoms with E-state index in [0.29, 0.717) is 23.1 Å². The molecule has 3 N–H and O–H groups in total. The van der Waals surface area contributed by atoms with Crippen molar-refractivity contribution in [1.29, 1.82) is 0 Å². The normalized spacial score (nSPS) is 23.1. The fraction of sp³-hybridized carbons (Fsp3) is 0.400. The number of rotatable bonds is 8. The molecule has 0 aliphatic carbocycles. The van der Waals surface area contributed by atoms with Crippen molar-refractivity contribution in [2.24, 2.45) is 0 Å². The van der Waals surface area contributed by atoms with Crippen LogP contribution in [0.4, 0.5) is 13.2 Å². The highest BCUT2D eigenvalue weighted by molar-refractivity contribution is 6.30. The van der Waals surface area contributed by atoms with E-state index in [1.165, 1.54) is 6.07 Å². The summed E-state index contributed by atoms with van der Waals surface area (Å²) in [4.78, 5) is 45.0. The zero-order chi connectivity index (χ0) is 35.6. The third-order valence-corrected chi connectivity index (χ3v) is 9.77. The molecule has 10 nitrogen and oxygen atoms in total. The molecule has 2 unspecified atom stereocenters. The lowest BCUT2D eigenvalue weighted by Gasteiger charge is -2.41. The van der Waals surface area contributed by atoms with Crippen molar-refractivity contribution in [2.75, 3.05) is 59.0 Å². The van der Waals surface area contributed by atoms with Crippen molar-refractivity contribution >= 4 is 40.9 Å². The fourth-order valence-electron chi connectivity index (χ4n) is 6.76. The van der Waals surface area contributed by atoms with Crippen LogP contribution in [0, 0.1) is 0 Å². The molecule has 0 radical (unpaired) electrons. The van der Waals surface area contributed by atoms with E-state index in [4.69, 9.17) is 27.9 Å². The Kier molecular flexibility index (Phi) is 10.6. The summed E-state index contributed by atoms with van der Waals surface area (Å²) < 4.78 is 47.6. The molecule has 3 aliphatic heterocycles. The van der Waals surface area contributed by atoms with Crippen LogP contribution in [0.25, 0.3) is 0 Å². The van der Waals surface area contributed by atoms with Gasteiger partial charge in [-0.05, 0) is 54.4 Å². The molecule has 6 rings (SSSR count). The van der Waals surface area contributed by atoms with Crippen LogP contribution < -0.4 is 20.7 Å². The van der Waals surface area contributed by atoms with Gasteiger partial charge in [0, 0.05) is 54.9 Å². The minimum Gasteiger partial charge on any atom is -0.493 e. The predicted molar refractivity (Wildman–Crippen MR) is 182 cm³/mol. The summed E-state index contributed by atoms with van der Waals surface area (Å²) in [6, 6.07) is 16.3. The minimum absolute atomic E-state index is 0.0548. The zero-order valence-electron chi connectivity index (χ0n) is 27.2. The van der Waals surface area contributed by atoms with Crippen molar-refractivity contribution < 1.29 is 32.3 Å². The molecule has 3 aromatic rings. The Bertz CT molecular complexity index is 1670. The fourth-order valence-corrected chi connectivity index (χ4v) is 7.01. The van der Waals surface area contributed by atoms with E-state index in [2.05, 4.69) is 16.0 Å². The molecular formula is C35H37Cl2F3N6O4. The average molecular weight is 734 g/mol.